The normalized spacial score (nSPS) is 13.1. The van der Waals surface area contributed by atoms with E-state index in [1.165, 1.54) is 71.6 Å². The lowest BCUT2D eigenvalue weighted by Gasteiger charge is -2.31. The molecular weight excluding hydrogens is 617 g/mol. The average molecular weight is 653 g/mol. The Morgan fingerprint density at radius 1 is 0.451 bits per heavy atom. The Morgan fingerprint density at radius 3 is 1.92 bits per heavy atom. The van der Waals surface area contributed by atoms with Crippen LogP contribution in [0.1, 0.15) is 25.0 Å². The Morgan fingerprint density at radius 2 is 1.08 bits per heavy atom. The molecule has 2 heteroatoms. The molecule has 2 nitrogen and oxygen atoms in total. The van der Waals surface area contributed by atoms with Crippen LogP contribution in [0.5, 0.6) is 0 Å². The minimum absolute atomic E-state index is 0.130. The predicted octanol–water partition coefficient (Wildman–Crippen LogP) is 13.4. The molecule has 51 heavy (non-hydrogen) atoms. The van der Waals surface area contributed by atoms with Crippen molar-refractivity contribution in [2.75, 3.05) is 4.90 Å². The van der Waals surface area contributed by atoms with Crippen LogP contribution in [0.4, 0.5) is 17.1 Å². The van der Waals surface area contributed by atoms with E-state index in [1.54, 1.807) is 0 Å². The fourth-order valence-electron chi connectivity index (χ4n) is 8.53. The fourth-order valence-corrected chi connectivity index (χ4v) is 8.53. The largest absolute Gasteiger partial charge is 0.309 e. The van der Waals surface area contributed by atoms with E-state index in [-0.39, 0.29) is 5.41 Å². The number of nitrogens with zero attached hydrogens (tertiary/aromatic N) is 2. The van der Waals surface area contributed by atoms with Crippen LogP contribution in [0, 0.1) is 0 Å². The second kappa shape index (κ2) is 11.3. The van der Waals surface area contributed by atoms with Gasteiger partial charge in [-0.2, -0.15) is 0 Å². The van der Waals surface area contributed by atoms with Gasteiger partial charge in [0.25, 0.3) is 0 Å². The second-order valence-electron chi connectivity index (χ2n) is 14.2. The summed E-state index contributed by atoms with van der Waals surface area (Å²) in [5, 5.41) is 4.90. The molecule has 0 radical (unpaired) electrons. The highest BCUT2D eigenvalue weighted by molar-refractivity contribution is 6.20. The van der Waals surface area contributed by atoms with Crippen molar-refractivity contribution in [3.05, 3.63) is 193 Å². The van der Waals surface area contributed by atoms with Crippen molar-refractivity contribution in [3.8, 4) is 27.9 Å². The maximum absolute atomic E-state index is 2.53. The minimum atomic E-state index is -0.130. The zero-order valence-electron chi connectivity index (χ0n) is 28.7. The summed E-state index contributed by atoms with van der Waals surface area (Å²) >= 11 is 0. The van der Waals surface area contributed by atoms with Gasteiger partial charge in [-0.1, -0.05) is 147 Å². The van der Waals surface area contributed by atoms with Crippen LogP contribution in [0.2, 0.25) is 0 Å². The quantitative estimate of drug-likeness (QED) is 0.180. The monoisotopic (exact) mass is 652 g/mol. The van der Waals surface area contributed by atoms with E-state index >= 15 is 0 Å². The maximum atomic E-state index is 2.53. The van der Waals surface area contributed by atoms with Crippen LogP contribution < -0.4 is 4.90 Å². The van der Waals surface area contributed by atoms with Crippen molar-refractivity contribution in [3.63, 3.8) is 0 Å². The van der Waals surface area contributed by atoms with Crippen molar-refractivity contribution in [1.82, 2.24) is 4.57 Å². The first-order valence-corrected chi connectivity index (χ1v) is 17.8. The first kappa shape index (κ1) is 29.5. The van der Waals surface area contributed by atoms with E-state index in [4.69, 9.17) is 0 Å². The molecule has 0 saturated heterocycles. The van der Waals surface area contributed by atoms with Gasteiger partial charge >= 0.3 is 0 Å². The van der Waals surface area contributed by atoms with Crippen LogP contribution in [-0.4, -0.2) is 4.57 Å². The molecule has 1 aliphatic rings. The molecular formula is C49H36N2. The summed E-state index contributed by atoms with van der Waals surface area (Å²) in [6.45, 7) is 4.73. The first-order valence-electron chi connectivity index (χ1n) is 17.8. The topological polar surface area (TPSA) is 8.17 Å². The highest BCUT2D eigenvalue weighted by Gasteiger charge is 2.36. The van der Waals surface area contributed by atoms with Crippen LogP contribution in [0.25, 0.3) is 60.5 Å². The molecule has 0 aliphatic heterocycles. The van der Waals surface area contributed by atoms with Gasteiger partial charge in [-0.3, -0.25) is 0 Å². The molecule has 242 valence electrons. The Balaban J connectivity index is 1.35. The number of fused-ring (bicyclic) bond motifs is 7. The molecule has 8 aromatic carbocycles. The van der Waals surface area contributed by atoms with Crippen molar-refractivity contribution < 1.29 is 0 Å². The lowest BCUT2D eigenvalue weighted by molar-refractivity contribution is 0.660. The van der Waals surface area contributed by atoms with Crippen molar-refractivity contribution in [2.24, 2.45) is 0 Å². The fraction of sp³-hybridized carbons (Fsp3) is 0.0612. The van der Waals surface area contributed by atoms with Gasteiger partial charge < -0.3 is 9.47 Å². The van der Waals surface area contributed by atoms with E-state index in [2.05, 4.69) is 205 Å². The van der Waals surface area contributed by atoms with Crippen LogP contribution in [0.3, 0.4) is 0 Å². The van der Waals surface area contributed by atoms with E-state index in [0.29, 0.717) is 0 Å². The van der Waals surface area contributed by atoms with Gasteiger partial charge in [0.15, 0.2) is 0 Å². The van der Waals surface area contributed by atoms with Gasteiger partial charge in [0.2, 0.25) is 0 Å². The van der Waals surface area contributed by atoms with Gasteiger partial charge in [-0.15, -0.1) is 0 Å². The van der Waals surface area contributed by atoms with E-state index < -0.39 is 0 Å². The number of hydrogen-bond donors (Lipinski definition) is 0. The van der Waals surface area contributed by atoms with E-state index in [0.717, 1.165) is 17.1 Å². The zero-order valence-corrected chi connectivity index (χ0v) is 28.7. The predicted molar refractivity (Wildman–Crippen MR) is 216 cm³/mol. The molecule has 0 atom stereocenters. The van der Waals surface area contributed by atoms with Gasteiger partial charge in [-0.05, 0) is 87.1 Å². The summed E-state index contributed by atoms with van der Waals surface area (Å²) in [6, 6.07) is 66.7. The van der Waals surface area contributed by atoms with Crippen LogP contribution in [0.15, 0.2) is 182 Å². The molecule has 0 bridgehead atoms. The van der Waals surface area contributed by atoms with Crippen LogP contribution in [-0.2, 0) is 5.41 Å². The Bertz CT molecular complexity index is 2770. The molecule has 1 aliphatic carbocycles. The lowest BCUT2D eigenvalue weighted by Crippen LogP contribution is -2.17. The Kier molecular flexibility index (Phi) is 6.56. The van der Waals surface area contributed by atoms with E-state index in [1.807, 2.05) is 0 Å². The molecule has 0 unspecified atom stereocenters. The SMILES string of the molecule is CC1(C)c2ccccc2-c2ccc(N(c3ccc4ccccc4c3)c3c(-c4ccccc4)ccc4c3c3ccccc3n4-c3ccccc3)cc21. The summed E-state index contributed by atoms with van der Waals surface area (Å²) in [5.74, 6) is 0. The second-order valence-corrected chi connectivity index (χ2v) is 14.2. The molecule has 0 fully saturated rings. The molecule has 10 rings (SSSR count). The van der Waals surface area contributed by atoms with Gasteiger partial charge in [0.05, 0.1) is 16.7 Å². The van der Waals surface area contributed by atoms with Crippen molar-refractivity contribution in [1.29, 1.82) is 0 Å². The van der Waals surface area contributed by atoms with E-state index in [9.17, 15) is 0 Å². The summed E-state index contributed by atoms with van der Waals surface area (Å²) in [4.78, 5) is 2.53. The average Bonchev–Trinajstić information content (AvgIpc) is 3.64. The number of hydrogen-bond acceptors (Lipinski definition) is 1. The smallest absolute Gasteiger partial charge is 0.0640 e. The summed E-state index contributed by atoms with van der Waals surface area (Å²) < 4.78 is 2.42. The number of anilines is 3. The third-order valence-corrected chi connectivity index (χ3v) is 11.0. The molecule has 0 saturated carbocycles. The van der Waals surface area contributed by atoms with Gasteiger partial charge in [0, 0.05) is 38.8 Å². The molecule has 9 aromatic rings. The minimum Gasteiger partial charge on any atom is -0.309 e. The number of benzene rings is 8. The Hall–Kier alpha value is -6.38. The van der Waals surface area contributed by atoms with Crippen molar-refractivity contribution >= 4 is 49.6 Å². The van der Waals surface area contributed by atoms with Crippen LogP contribution >= 0.6 is 0 Å². The molecule has 1 heterocycles. The molecule has 0 N–H and O–H groups in total. The summed E-state index contributed by atoms with van der Waals surface area (Å²) in [6.07, 6.45) is 0. The zero-order chi connectivity index (χ0) is 34.1. The number of aromatic nitrogens is 1. The number of para-hydroxylation sites is 2. The van der Waals surface area contributed by atoms with Gasteiger partial charge in [-0.25, -0.2) is 0 Å². The first-order chi connectivity index (χ1) is 25.1. The third kappa shape index (κ3) is 4.50. The third-order valence-electron chi connectivity index (χ3n) is 11.0. The molecule has 1 aromatic heterocycles. The standard InChI is InChI=1S/C49H36N2/c1-49(2)43-23-13-11-21-40(43)41-28-27-38(32-44(41)49)50(37-26-25-33-15-9-10-18-35(33)31-37)48-39(34-16-5-3-6-17-34)29-30-46-47(48)42-22-12-14-24-45(42)51(46)36-19-7-4-8-20-36/h3-32H,1-2H3. The highest BCUT2D eigenvalue weighted by Crippen LogP contribution is 2.53. The lowest BCUT2D eigenvalue weighted by atomic mass is 9.82. The summed E-state index contributed by atoms with van der Waals surface area (Å²) in [7, 11) is 0. The highest BCUT2D eigenvalue weighted by atomic mass is 15.2. The molecule has 0 amide bonds. The summed E-state index contributed by atoms with van der Waals surface area (Å²) in [5.41, 5.74) is 14.6. The Labute approximate surface area is 298 Å². The van der Waals surface area contributed by atoms with Crippen molar-refractivity contribution in [2.45, 2.75) is 19.3 Å². The number of rotatable bonds is 5. The molecule has 0 spiro atoms. The maximum Gasteiger partial charge on any atom is 0.0640 e. The van der Waals surface area contributed by atoms with Gasteiger partial charge in [0.1, 0.15) is 0 Å².